The fourth-order valence-electron chi connectivity index (χ4n) is 9.02. The van der Waals surface area contributed by atoms with Gasteiger partial charge in [-0.2, -0.15) is 11.8 Å². The van der Waals surface area contributed by atoms with Gasteiger partial charge >= 0.3 is 47.5 Å². The van der Waals surface area contributed by atoms with E-state index >= 15 is 0 Å². The minimum atomic E-state index is -4.84. The second-order valence-corrected chi connectivity index (χ2v) is 22.4. The summed E-state index contributed by atoms with van der Waals surface area (Å²) in [4.78, 5) is 74.2. The first kappa shape index (κ1) is 67.6. The van der Waals surface area contributed by atoms with Crippen LogP contribution in [0.25, 0.3) is 0 Å². The molecule has 0 aromatic rings. The molecule has 408 valence electrons. The number of unbranched alkanes of at least 4 members (excludes halogenated alkanes) is 27. The summed E-state index contributed by atoms with van der Waals surface area (Å²) < 4.78 is 33.7. The van der Waals surface area contributed by atoms with Crippen molar-refractivity contribution in [3.63, 3.8) is 0 Å². The second-order valence-electron chi connectivity index (χ2n) is 19.7. The maximum absolute atomic E-state index is 12.8. The maximum atomic E-state index is 12.8. The topological polar surface area (TPSA) is 211 Å². The first-order chi connectivity index (χ1) is 34.0. The Balaban J connectivity index is 0.0000252. The summed E-state index contributed by atoms with van der Waals surface area (Å²) >= 11 is 1.88. The van der Waals surface area contributed by atoms with E-state index in [-0.39, 0.29) is 98.5 Å². The standard InChI is InChI=1S/C53H99N4O11PS.Na/c1-3-5-7-9-11-13-15-17-19-21-23-25-29-37-50(60)65-42-45(68-51(61)38-30-26-24-22-20-18-16-14-12-10-8-6-4-2)43-67-69(63,64)66-41-40-55-49(59)35-28-27-33-39-54-48(58)36-32-31-34-47-52-46(44-70-47)56-53(62)57-52;/h45-47,52H,3-44H2,1-2H3,(H,54,58)(H,55,59)(H,63,64)(H2,56,57,62);/q;+1/p-1. The average molecular weight is 1050 g/mol. The molecule has 2 fully saturated rings. The zero-order valence-corrected chi connectivity index (χ0v) is 48.6. The Labute approximate surface area is 456 Å². The zero-order chi connectivity index (χ0) is 50.8. The Morgan fingerprint density at radius 2 is 1.04 bits per heavy atom. The van der Waals surface area contributed by atoms with Gasteiger partial charge in [-0.25, -0.2) is 4.79 Å². The van der Waals surface area contributed by atoms with Crippen LogP contribution < -0.4 is 55.7 Å². The van der Waals surface area contributed by atoms with Crippen molar-refractivity contribution in [2.24, 2.45) is 0 Å². The third kappa shape index (κ3) is 38.8. The number of thioether (sulfide) groups is 1. The summed E-state index contributed by atoms with van der Waals surface area (Å²) in [6.07, 6.45) is 35.7. The van der Waals surface area contributed by atoms with Crippen LogP contribution in [0.2, 0.25) is 0 Å². The number of urea groups is 1. The first-order valence-electron chi connectivity index (χ1n) is 28.2. The van der Waals surface area contributed by atoms with Crippen molar-refractivity contribution in [2.75, 3.05) is 38.7 Å². The van der Waals surface area contributed by atoms with Gasteiger partial charge in [0.05, 0.1) is 25.3 Å². The van der Waals surface area contributed by atoms with Crippen LogP contribution in [0.3, 0.4) is 0 Å². The van der Waals surface area contributed by atoms with E-state index in [1.165, 1.54) is 116 Å². The van der Waals surface area contributed by atoms with Crippen LogP contribution in [-0.2, 0) is 42.3 Å². The van der Waals surface area contributed by atoms with Crippen molar-refractivity contribution >= 4 is 49.4 Å². The van der Waals surface area contributed by atoms with Crippen molar-refractivity contribution < 1.29 is 81.5 Å². The number of hydrogen-bond donors (Lipinski definition) is 4. The van der Waals surface area contributed by atoms with Crippen LogP contribution in [0, 0.1) is 0 Å². The van der Waals surface area contributed by atoms with E-state index in [0.29, 0.717) is 37.5 Å². The van der Waals surface area contributed by atoms with Crippen LogP contribution in [0.1, 0.15) is 245 Å². The van der Waals surface area contributed by atoms with Gasteiger partial charge in [-0.3, -0.25) is 23.7 Å². The smallest absolute Gasteiger partial charge is 0.756 e. The molecule has 0 saturated carbocycles. The Hall–Kier alpha value is -1.39. The van der Waals surface area contributed by atoms with Crippen molar-refractivity contribution in [3.05, 3.63) is 0 Å². The first-order valence-corrected chi connectivity index (χ1v) is 30.7. The number of fused-ring (bicyclic) bond motifs is 1. The molecule has 0 radical (unpaired) electrons. The molecule has 5 atom stereocenters. The zero-order valence-electron chi connectivity index (χ0n) is 44.9. The fourth-order valence-corrected chi connectivity index (χ4v) is 11.3. The van der Waals surface area contributed by atoms with Gasteiger partial charge in [0.2, 0.25) is 11.8 Å². The molecule has 4 N–H and O–H groups in total. The van der Waals surface area contributed by atoms with Gasteiger partial charge in [0.25, 0.3) is 7.82 Å². The number of amides is 4. The van der Waals surface area contributed by atoms with E-state index in [1.54, 1.807) is 0 Å². The van der Waals surface area contributed by atoms with Crippen molar-refractivity contribution in [1.29, 1.82) is 0 Å². The maximum Gasteiger partial charge on any atom is 1.00 e. The number of phosphoric acid groups is 1. The molecule has 0 aromatic carbocycles. The molecule has 5 unspecified atom stereocenters. The number of nitrogens with one attached hydrogen (secondary N) is 4. The summed E-state index contributed by atoms with van der Waals surface area (Å²) in [5, 5.41) is 11.9. The minimum absolute atomic E-state index is 0. The molecule has 71 heavy (non-hydrogen) atoms. The molecule has 2 aliphatic rings. The monoisotopic (exact) mass is 1050 g/mol. The molecule has 18 heteroatoms. The van der Waals surface area contributed by atoms with E-state index < -0.39 is 32.5 Å². The van der Waals surface area contributed by atoms with E-state index in [4.69, 9.17) is 18.5 Å². The molecule has 2 heterocycles. The van der Waals surface area contributed by atoms with Crippen LogP contribution in [0.4, 0.5) is 4.79 Å². The summed E-state index contributed by atoms with van der Waals surface area (Å²) in [6.45, 7) is 3.73. The summed E-state index contributed by atoms with van der Waals surface area (Å²) in [7, 11) is -4.84. The molecule has 0 bridgehead atoms. The van der Waals surface area contributed by atoms with E-state index in [1.807, 2.05) is 11.8 Å². The quantitative estimate of drug-likeness (QED) is 0.0149. The molecule has 0 aliphatic carbocycles. The summed E-state index contributed by atoms with van der Waals surface area (Å²) in [5.74, 6) is -0.238. The van der Waals surface area contributed by atoms with Gasteiger partial charge in [-0.05, 0) is 38.5 Å². The van der Waals surface area contributed by atoms with Crippen molar-refractivity contribution in [2.45, 2.75) is 268 Å². The van der Waals surface area contributed by atoms with Gasteiger partial charge in [-0.1, -0.05) is 181 Å². The largest absolute Gasteiger partial charge is 1.00 e. The predicted octanol–water partition coefficient (Wildman–Crippen LogP) is 8.43. The molecule has 15 nitrogen and oxygen atoms in total. The number of carbonyl (C=O) groups excluding carboxylic acids is 5. The molecule has 2 aliphatic heterocycles. The van der Waals surface area contributed by atoms with Crippen LogP contribution in [0.5, 0.6) is 0 Å². The molecular formula is C53H98N4NaO11PS. The van der Waals surface area contributed by atoms with Gasteiger partial charge in [0, 0.05) is 49.8 Å². The number of esters is 2. The van der Waals surface area contributed by atoms with Crippen molar-refractivity contribution in [3.8, 4) is 0 Å². The number of hydrogen-bond acceptors (Lipinski definition) is 12. The molecule has 0 aromatic heterocycles. The van der Waals surface area contributed by atoms with Gasteiger partial charge in [0.15, 0.2) is 6.10 Å². The molecule has 2 saturated heterocycles. The summed E-state index contributed by atoms with van der Waals surface area (Å²) in [6, 6.07) is 0.301. The summed E-state index contributed by atoms with van der Waals surface area (Å²) in [5.41, 5.74) is 0. The Morgan fingerprint density at radius 1 is 0.592 bits per heavy atom. The molecule has 0 spiro atoms. The minimum Gasteiger partial charge on any atom is -0.756 e. The van der Waals surface area contributed by atoms with E-state index in [0.717, 1.165) is 76.4 Å². The van der Waals surface area contributed by atoms with Crippen LogP contribution in [0.15, 0.2) is 0 Å². The van der Waals surface area contributed by atoms with E-state index in [2.05, 4.69) is 35.1 Å². The third-order valence-electron chi connectivity index (χ3n) is 13.3. The predicted molar refractivity (Wildman–Crippen MR) is 279 cm³/mol. The fraction of sp³-hybridized carbons (Fsp3) is 0.906. The van der Waals surface area contributed by atoms with Gasteiger partial charge in [0.1, 0.15) is 6.61 Å². The molecular weight excluding hydrogens is 955 g/mol. The van der Waals surface area contributed by atoms with Crippen LogP contribution >= 0.6 is 19.6 Å². The SMILES string of the molecule is CCCCCCCCCCCCCCCC(=O)OCC(COP(=O)([O-])OCCNC(=O)CCCCCNC(=O)CCCCC1SCC2NC(=O)NC21)OC(=O)CCCCCCCCCCCCCCC.[Na+]. The molecule has 4 amide bonds. The van der Waals surface area contributed by atoms with Gasteiger partial charge < -0.3 is 44.7 Å². The number of ether oxygens (including phenoxy) is 2. The Bertz CT molecular complexity index is 1440. The number of rotatable bonds is 49. The van der Waals surface area contributed by atoms with Crippen LogP contribution in [-0.4, -0.2) is 91.9 Å². The normalized spacial score (nSPS) is 17.3. The number of phosphoric ester groups is 1. The van der Waals surface area contributed by atoms with Gasteiger partial charge in [-0.15, -0.1) is 0 Å². The van der Waals surface area contributed by atoms with E-state index in [9.17, 15) is 33.4 Å². The third-order valence-corrected chi connectivity index (χ3v) is 15.7. The molecule has 2 rings (SSSR count). The Morgan fingerprint density at radius 3 is 1.58 bits per heavy atom. The van der Waals surface area contributed by atoms with Crippen molar-refractivity contribution in [1.82, 2.24) is 21.3 Å². The Kier molecular flexibility index (Phi) is 43.8. The number of carbonyl (C=O) groups is 5. The second kappa shape index (κ2) is 46.0. The average Bonchev–Trinajstić information content (AvgIpc) is 3.90.